The lowest BCUT2D eigenvalue weighted by Crippen LogP contribution is -2.13. The van der Waals surface area contributed by atoms with Gasteiger partial charge in [0.15, 0.2) is 0 Å². The van der Waals surface area contributed by atoms with Crippen molar-refractivity contribution in [1.29, 1.82) is 0 Å². The summed E-state index contributed by atoms with van der Waals surface area (Å²) in [5, 5.41) is 0. The van der Waals surface area contributed by atoms with E-state index in [1.807, 2.05) is 0 Å². The summed E-state index contributed by atoms with van der Waals surface area (Å²) in [7, 11) is 0. The second-order valence-electron chi connectivity index (χ2n) is 8.07. The van der Waals surface area contributed by atoms with Gasteiger partial charge in [0.1, 0.15) is 0 Å². The molecule has 0 unspecified atom stereocenters. The van der Waals surface area contributed by atoms with Crippen molar-refractivity contribution in [2.45, 2.75) is 89.9 Å². The quantitative estimate of drug-likeness (QED) is 0.541. The van der Waals surface area contributed by atoms with Crippen LogP contribution in [0.1, 0.15) is 112 Å². The highest BCUT2D eigenvalue weighted by Gasteiger charge is 2.30. The Balaban J connectivity index is 2.25. The number of anilines is 2. The van der Waals surface area contributed by atoms with Crippen molar-refractivity contribution in [3.05, 3.63) is 34.4 Å². The largest absolute Gasteiger partial charge is 0.398 e. The molecule has 2 saturated carbocycles. The van der Waals surface area contributed by atoms with E-state index in [2.05, 4.69) is 38.2 Å². The highest BCUT2D eigenvalue weighted by atomic mass is 14.7. The van der Waals surface area contributed by atoms with Crippen LogP contribution >= 0.6 is 0 Å². The van der Waals surface area contributed by atoms with Crippen molar-refractivity contribution in [3.63, 3.8) is 0 Å². The van der Waals surface area contributed by atoms with Crippen molar-refractivity contribution in [2.75, 3.05) is 11.5 Å². The molecule has 26 heavy (non-hydrogen) atoms. The van der Waals surface area contributed by atoms with Gasteiger partial charge >= 0.3 is 0 Å². The average molecular weight is 353 g/mol. The summed E-state index contributed by atoms with van der Waals surface area (Å²) in [4.78, 5) is 0. The molecule has 0 spiro atoms. The first kappa shape index (κ1) is 19.1. The fraction of sp³-hybridized carbons (Fsp3) is 0.583. The molecule has 142 valence electrons. The Morgan fingerprint density at radius 1 is 0.692 bits per heavy atom. The van der Waals surface area contributed by atoms with Crippen LogP contribution in [0.15, 0.2) is 12.2 Å². The second kappa shape index (κ2) is 8.79. The summed E-state index contributed by atoms with van der Waals surface area (Å²) in [5.74, 6) is 1.14. The number of benzene rings is 1. The first-order chi connectivity index (χ1) is 12.7. The molecule has 0 bridgehead atoms. The molecule has 0 radical (unpaired) electrons. The summed E-state index contributed by atoms with van der Waals surface area (Å²) in [5.41, 5.74) is 20.8. The lowest BCUT2D eigenvalue weighted by molar-refractivity contribution is 0.710. The zero-order valence-electron chi connectivity index (χ0n) is 16.7. The molecule has 2 aliphatic carbocycles. The first-order valence-electron chi connectivity index (χ1n) is 10.8. The van der Waals surface area contributed by atoms with Gasteiger partial charge in [0.05, 0.1) is 0 Å². The van der Waals surface area contributed by atoms with Gasteiger partial charge in [-0.05, 0) is 55.9 Å². The van der Waals surface area contributed by atoms with E-state index in [9.17, 15) is 0 Å². The molecule has 3 rings (SSSR count). The van der Waals surface area contributed by atoms with Gasteiger partial charge < -0.3 is 11.5 Å². The molecule has 0 atom stereocenters. The SMILES string of the molecule is CCC=Cc1c(N)c(C2CCCC2)c(N)c(C=CCC)c1C1CCCC1. The van der Waals surface area contributed by atoms with Crippen molar-refractivity contribution in [3.8, 4) is 0 Å². The van der Waals surface area contributed by atoms with Crippen LogP contribution in [0.25, 0.3) is 12.2 Å². The van der Waals surface area contributed by atoms with Gasteiger partial charge in [-0.15, -0.1) is 0 Å². The molecular weight excluding hydrogens is 316 g/mol. The molecule has 2 nitrogen and oxygen atoms in total. The summed E-state index contributed by atoms with van der Waals surface area (Å²) < 4.78 is 0. The van der Waals surface area contributed by atoms with E-state index in [1.54, 1.807) is 0 Å². The predicted molar refractivity (Wildman–Crippen MR) is 116 cm³/mol. The third-order valence-corrected chi connectivity index (χ3v) is 6.31. The molecular formula is C24H36N2. The van der Waals surface area contributed by atoms with Crippen molar-refractivity contribution < 1.29 is 0 Å². The van der Waals surface area contributed by atoms with Crippen LogP contribution < -0.4 is 11.5 Å². The average Bonchev–Trinajstić information content (AvgIpc) is 3.34. The van der Waals surface area contributed by atoms with Gasteiger partial charge in [-0.2, -0.15) is 0 Å². The molecule has 2 fully saturated rings. The van der Waals surface area contributed by atoms with Crippen LogP contribution in [-0.2, 0) is 0 Å². The Labute approximate surface area is 159 Å². The molecule has 1 aromatic carbocycles. The summed E-state index contributed by atoms with van der Waals surface area (Å²) >= 11 is 0. The molecule has 1 aromatic rings. The topological polar surface area (TPSA) is 52.0 Å². The number of hydrogen-bond acceptors (Lipinski definition) is 2. The summed E-state index contributed by atoms with van der Waals surface area (Å²) in [6.07, 6.45) is 21.4. The summed E-state index contributed by atoms with van der Waals surface area (Å²) in [6, 6.07) is 0. The smallest absolute Gasteiger partial charge is 0.0447 e. The second-order valence-corrected chi connectivity index (χ2v) is 8.07. The maximum absolute atomic E-state index is 6.82. The minimum atomic E-state index is 0.537. The number of nitrogen functional groups attached to an aromatic ring is 2. The van der Waals surface area contributed by atoms with Gasteiger partial charge in [0.2, 0.25) is 0 Å². The van der Waals surface area contributed by atoms with Crippen molar-refractivity contribution in [2.24, 2.45) is 0 Å². The van der Waals surface area contributed by atoms with E-state index in [1.165, 1.54) is 73.6 Å². The third-order valence-electron chi connectivity index (χ3n) is 6.31. The lowest BCUT2D eigenvalue weighted by atomic mass is 9.81. The fourth-order valence-electron chi connectivity index (χ4n) is 5.01. The van der Waals surface area contributed by atoms with E-state index in [0.717, 1.165) is 24.2 Å². The van der Waals surface area contributed by atoms with Gasteiger partial charge in [-0.3, -0.25) is 0 Å². The molecule has 2 heteroatoms. The maximum atomic E-state index is 6.82. The van der Waals surface area contributed by atoms with Crippen LogP contribution in [0, 0.1) is 0 Å². The monoisotopic (exact) mass is 352 g/mol. The zero-order valence-corrected chi connectivity index (χ0v) is 16.7. The molecule has 0 amide bonds. The molecule has 4 N–H and O–H groups in total. The number of allylic oxidation sites excluding steroid dienone is 2. The van der Waals surface area contributed by atoms with Crippen LogP contribution in [0.3, 0.4) is 0 Å². The Morgan fingerprint density at radius 3 is 1.46 bits per heavy atom. The normalized spacial score (nSPS) is 19.5. The minimum absolute atomic E-state index is 0.537. The van der Waals surface area contributed by atoms with Gasteiger partial charge in [0.25, 0.3) is 0 Å². The molecule has 0 aliphatic heterocycles. The van der Waals surface area contributed by atoms with Gasteiger partial charge in [0, 0.05) is 28.1 Å². The number of hydrogen-bond donors (Lipinski definition) is 2. The van der Waals surface area contributed by atoms with E-state index in [4.69, 9.17) is 11.5 Å². The molecule has 0 saturated heterocycles. The Kier molecular flexibility index (Phi) is 6.45. The highest BCUT2D eigenvalue weighted by Crippen LogP contribution is 2.48. The van der Waals surface area contributed by atoms with Gasteiger partial charge in [-0.25, -0.2) is 0 Å². The maximum Gasteiger partial charge on any atom is 0.0447 e. The fourth-order valence-corrected chi connectivity index (χ4v) is 5.01. The summed E-state index contributed by atoms with van der Waals surface area (Å²) in [6.45, 7) is 4.38. The van der Waals surface area contributed by atoms with E-state index >= 15 is 0 Å². The molecule has 0 heterocycles. The first-order valence-corrected chi connectivity index (χ1v) is 10.8. The van der Waals surface area contributed by atoms with E-state index < -0.39 is 0 Å². The third kappa shape index (κ3) is 3.70. The number of nitrogens with two attached hydrogens (primary N) is 2. The van der Waals surface area contributed by atoms with E-state index in [0.29, 0.717) is 11.8 Å². The molecule has 2 aliphatic rings. The van der Waals surface area contributed by atoms with Crippen LogP contribution in [0.2, 0.25) is 0 Å². The van der Waals surface area contributed by atoms with Crippen LogP contribution in [0.5, 0.6) is 0 Å². The van der Waals surface area contributed by atoms with Crippen LogP contribution in [-0.4, -0.2) is 0 Å². The van der Waals surface area contributed by atoms with Crippen LogP contribution in [0.4, 0.5) is 11.4 Å². The Bertz CT molecular complexity index is 631. The van der Waals surface area contributed by atoms with E-state index in [-0.39, 0.29) is 0 Å². The van der Waals surface area contributed by atoms with Crippen molar-refractivity contribution >= 4 is 23.5 Å². The lowest BCUT2D eigenvalue weighted by Gasteiger charge is -2.26. The van der Waals surface area contributed by atoms with Crippen molar-refractivity contribution in [1.82, 2.24) is 0 Å². The predicted octanol–water partition coefficient (Wildman–Crippen LogP) is 7.01. The molecule has 0 aromatic heterocycles. The number of rotatable bonds is 6. The zero-order chi connectivity index (χ0) is 18.5. The minimum Gasteiger partial charge on any atom is -0.398 e. The van der Waals surface area contributed by atoms with Gasteiger partial charge in [-0.1, -0.05) is 63.8 Å². The highest BCUT2D eigenvalue weighted by molar-refractivity contribution is 5.85. The standard InChI is InChI=1S/C24H36N2/c1-3-5-15-19-21(17-11-7-8-12-17)20(16-6-4-2)24(26)22(23(19)25)18-13-9-10-14-18/h5-6,15-18H,3-4,7-14,25-26H2,1-2H3. The Hall–Kier alpha value is -1.70. The Morgan fingerprint density at radius 2 is 1.08 bits per heavy atom.